The molecule has 2 aliphatic heterocycles. The van der Waals surface area contributed by atoms with Crippen LogP contribution in [0.3, 0.4) is 0 Å². The third kappa shape index (κ3) is 4.13. The molecule has 2 aromatic rings. The van der Waals surface area contributed by atoms with E-state index in [2.05, 4.69) is 14.1 Å². The first kappa shape index (κ1) is 20.9. The number of ether oxygens (including phenoxy) is 1. The van der Waals surface area contributed by atoms with Gasteiger partial charge in [-0.25, -0.2) is 4.79 Å². The van der Waals surface area contributed by atoms with E-state index in [0.717, 1.165) is 34.5 Å². The number of carbonyl (C=O) groups is 1. The summed E-state index contributed by atoms with van der Waals surface area (Å²) in [6.45, 7) is 2.28. The molecule has 0 saturated carbocycles. The number of piperidine rings is 1. The van der Waals surface area contributed by atoms with E-state index in [1.807, 2.05) is 49.4 Å². The largest absolute Gasteiger partial charge is 1.00 e. The van der Waals surface area contributed by atoms with Gasteiger partial charge in [0.15, 0.2) is 0 Å². The fourth-order valence-electron chi connectivity index (χ4n) is 4.73. The second kappa shape index (κ2) is 8.29. The smallest absolute Gasteiger partial charge is 0.414 e. The van der Waals surface area contributed by atoms with Crippen LogP contribution < -0.4 is 21.9 Å². The minimum atomic E-state index is -0.285. The number of halogens is 1. The van der Waals surface area contributed by atoms with E-state index >= 15 is 0 Å². The van der Waals surface area contributed by atoms with Crippen molar-refractivity contribution in [1.29, 1.82) is 0 Å². The first-order valence-electron chi connectivity index (χ1n) is 9.85. The van der Waals surface area contributed by atoms with Gasteiger partial charge in [0.1, 0.15) is 17.6 Å². The Morgan fingerprint density at radius 1 is 1.11 bits per heavy atom. The molecule has 1 aromatic carbocycles. The van der Waals surface area contributed by atoms with E-state index in [9.17, 15) is 4.79 Å². The highest BCUT2D eigenvalue weighted by Crippen LogP contribution is 2.40. The zero-order chi connectivity index (χ0) is 19.0. The quantitative estimate of drug-likeness (QED) is 0.665. The molecule has 5 nitrogen and oxygen atoms in total. The molecule has 3 atom stereocenters. The SMILES string of the molecule is Cc1ccc(CN(C(=O)OC2C[C@H]3CC[C@@H](C2)[N+]3(C)C)c2ccccc2)o1.[Br-]. The Morgan fingerprint density at radius 3 is 2.32 bits per heavy atom. The molecule has 6 heteroatoms. The molecular weight excluding hydrogens is 420 g/mol. The lowest BCUT2D eigenvalue weighted by Crippen LogP contribution is -3.00. The predicted molar refractivity (Wildman–Crippen MR) is 104 cm³/mol. The molecule has 0 spiro atoms. The van der Waals surface area contributed by atoms with Gasteiger partial charge in [0.25, 0.3) is 0 Å². The highest BCUT2D eigenvalue weighted by Gasteiger charge is 2.50. The molecule has 2 bridgehead atoms. The maximum absolute atomic E-state index is 13.1. The van der Waals surface area contributed by atoms with Gasteiger partial charge in [-0.1, -0.05) is 18.2 Å². The number of carbonyl (C=O) groups excluding carboxylic acids is 1. The fraction of sp³-hybridized carbons (Fsp3) is 0.500. The predicted octanol–water partition coefficient (Wildman–Crippen LogP) is 1.51. The average Bonchev–Trinajstić information content (AvgIpc) is 3.07. The molecule has 2 fully saturated rings. The van der Waals surface area contributed by atoms with Crippen LogP contribution in [0.25, 0.3) is 0 Å². The van der Waals surface area contributed by atoms with Gasteiger partial charge in [-0.05, 0) is 31.2 Å². The number of quaternary nitrogens is 1. The number of amides is 1. The summed E-state index contributed by atoms with van der Waals surface area (Å²) in [6.07, 6.45) is 4.10. The van der Waals surface area contributed by atoms with Gasteiger partial charge in [0.2, 0.25) is 0 Å². The number of hydrogen-bond acceptors (Lipinski definition) is 3. The van der Waals surface area contributed by atoms with Gasteiger partial charge >= 0.3 is 6.09 Å². The van der Waals surface area contributed by atoms with Crippen LogP contribution >= 0.6 is 0 Å². The molecule has 1 unspecified atom stereocenters. The van der Waals surface area contributed by atoms with E-state index in [1.54, 1.807) is 4.90 Å². The summed E-state index contributed by atoms with van der Waals surface area (Å²) in [5.74, 6) is 1.60. The Balaban J connectivity index is 0.00000225. The summed E-state index contributed by atoms with van der Waals surface area (Å²) in [7, 11) is 4.63. The second-order valence-electron chi connectivity index (χ2n) is 8.43. The monoisotopic (exact) mass is 448 g/mol. The van der Waals surface area contributed by atoms with E-state index < -0.39 is 0 Å². The fourth-order valence-corrected chi connectivity index (χ4v) is 4.73. The summed E-state index contributed by atoms with van der Waals surface area (Å²) in [6, 6.07) is 14.7. The number of hydrogen-bond donors (Lipinski definition) is 0. The minimum absolute atomic E-state index is 0. The second-order valence-corrected chi connectivity index (χ2v) is 8.43. The van der Waals surface area contributed by atoms with Crippen molar-refractivity contribution < 1.29 is 35.4 Å². The molecule has 1 aromatic heterocycles. The third-order valence-corrected chi connectivity index (χ3v) is 6.45. The van der Waals surface area contributed by atoms with Gasteiger partial charge in [0, 0.05) is 31.4 Å². The van der Waals surface area contributed by atoms with Crippen LogP contribution in [-0.4, -0.2) is 42.9 Å². The molecule has 0 N–H and O–H groups in total. The zero-order valence-electron chi connectivity index (χ0n) is 16.8. The van der Waals surface area contributed by atoms with Crippen molar-refractivity contribution in [2.75, 3.05) is 19.0 Å². The molecule has 2 aliphatic rings. The topological polar surface area (TPSA) is 42.7 Å². The third-order valence-electron chi connectivity index (χ3n) is 6.45. The van der Waals surface area contributed by atoms with Crippen LogP contribution in [0, 0.1) is 6.92 Å². The minimum Gasteiger partial charge on any atom is -1.00 e. The van der Waals surface area contributed by atoms with Crippen LogP contribution in [0.1, 0.15) is 37.2 Å². The van der Waals surface area contributed by atoms with Crippen LogP contribution in [0.4, 0.5) is 10.5 Å². The van der Waals surface area contributed by atoms with E-state index in [0.29, 0.717) is 18.6 Å². The van der Waals surface area contributed by atoms with Crippen LogP contribution in [-0.2, 0) is 11.3 Å². The van der Waals surface area contributed by atoms with E-state index in [1.165, 1.54) is 12.8 Å². The normalized spacial score (nSPS) is 25.0. The number of fused-ring (bicyclic) bond motifs is 2. The maximum Gasteiger partial charge on any atom is 0.414 e. The maximum atomic E-state index is 13.1. The van der Waals surface area contributed by atoms with E-state index in [-0.39, 0.29) is 29.2 Å². The van der Waals surface area contributed by atoms with Crippen molar-refractivity contribution in [1.82, 2.24) is 0 Å². The van der Waals surface area contributed by atoms with Gasteiger partial charge in [0.05, 0.1) is 32.7 Å². The van der Waals surface area contributed by atoms with Crippen LogP contribution in [0.2, 0.25) is 0 Å². The Morgan fingerprint density at radius 2 is 1.75 bits per heavy atom. The number of nitrogens with zero attached hydrogens (tertiary/aromatic N) is 2. The number of benzene rings is 1. The molecular formula is C22H29BrN2O3. The van der Waals surface area contributed by atoms with Crippen molar-refractivity contribution in [2.45, 2.75) is 57.3 Å². The highest BCUT2D eigenvalue weighted by atomic mass is 79.9. The molecule has 3 heterocycles. The standard InChI is InChI=1S/C22H29N2O3.BrH/c1-16-9-12-20(26-16)15-23(17-7-5-4-6-8-17)22(25)27-21-13-18-10-11-19(14-21)24(18,2)3;/h4-9,12,18-19,21H,10-11,13-15H2,1-3H3;1H/q+1;/p-1/t18-,19+,21?;. The number of aryl methyl sites for hydroxylation is 1. The Bertz CT molecular complexity index is 789. The lowest BCUT2D eigenvalue weighted by atomic mass is 9.98. The van der Waals surface area contributed by atoms with Crippen molar-refractivity contribution in [3.63, 3.8) is 0 Å². The molecule has 4 rings (SSSR count). The molecule has 0 aliphatic carbocycles. The van der Waals surface area contributed by atoms with Crippen LogP contribution in [0.5, 0.6) is 0 Å². The van der Waals surface area contributed by atoms with E-state index in [4.69, 9.17) is 9.15 Å². The van der Waals surface area contributed by atoms with Gasteiger partial charge in [-0.2, -0.15) is 0 Å². The number of para-hydroxylation sites is 1. The average molecular weight is 449 g/mol. The van der Waals surface area contributed by atoms with Crippen molar-refractivity contribution in [3.05, 3.63) is 54.0 Å². The van der Waals surface area contributed by atoms with Gasteiger partial charge < -0.3 is 30.6 Å². The number of furan rings is 1. The summed E-state index contributed by atoms with van der Waals surface area (Å²) in [5.41, 5.74) is 0.825. The van der Waals surface area contributed by atoms with Gasteiger partial charge in [-0.3, -0.25) is 4.90 Å². The first-order chi connectivity index (χ1) is 12.9. The summed E-state index contributed by atoms with van der Waals surface area (Å²) >= 11 is 0. The zero-order valence-corrected chi connectivity index (χ0v) is 18.4. The Labute approximate surface area is 177 Å². The summed E-state index contributed by atoms with van der Waals surface area (Å²) < 4.78 is 12.8. The Kier molecular flexibility index (Phi) is 6.20. The molecule has 2 saturated heterocycles. The van der Waals surface area contributed by atoms with Crippen molar-refractivity contribution in [2.24, 2.45) is 0 Å². The van der Waals surface area contributed by atoms with Crippen molar-refractivity contribution >= 4 is 11.8 Å². The van der Waals surface area contributed by atoms with Crippen LogP contribution in [0.15, 0.2) is 46.9 Å². The summed E-state index contributed by atoms with van der Waals surface area (Å²) in [4.78, 5) is 14.8. The lowest BCUT2D eigenvalue weighted by Gasteiger charge is -2.44. The molecule has 152 valence electrons. The van der Waals surface area contributed by atoms with Gasteiger partial charge in [-0.15, -0.1) is 0 Å². The Hall–Kier alpha value is -1.79. The summed E-state index contributed by atoms with van der Waals surface area (Å²) in [5, 5.41) is 0. The molecule has 28 heavy (non-hydrogen) atoms. The molecule has 0 radical (unpaired) electrons. The number of anilines is 1. The molecule has 1 amide bonds. The first-order valence-corrected chi connectivity index (χ1v) is 9.85. The van der Waals surface area contributed by atoms with Crippen molar-refractivity contribution in [3.8, 4) is 0 Å². The number of rotatable bonds is 4. The lowest BCUT2D eigenvalue weighted by molar-refractivity contribution is -0.931. The highest BCUT2D eigenvalue weighted by molar-refractivity contribution is 5.87.